The zero-order valence-corrected chi connectivity index (χ0v) is 14.3. The van der Waals surface area contributed by atoms with Crippen LogP contribution in [-0.4, -0.2) is 17.9 Å². The third-order valence-electron chi connectivity index (χ3n) is 3.34. The molecule has 2 aromatic rings. The van der Waals surface area contributed by atoms with Gasteiger partial charge in [-0.3, -0.25) is 0 Å². The van der Waals surface area contributed by atoms with Gasteiger partial charge in [-0.05, 0) is 39.3 Å². The van der Waals surface area contributed by atoms with Gasteiger partial charge >= 0.3 is 0 Å². The maximum absolute atomic E-state index is 3.19. The highest BCUT2D eigenvalue weighted by atomic mass is 15.4. The summed E-state index contributed by atoms with van der Waals surface area (Å²) >= 11 is 0. The molecule has 22 heavy (non-hydrogen) atoms. The average molecular weight is 295 g/mol. The zero-order valence-electron chi connectivity index (χ0n) is 14.3. The van der Waals surface area contributed by atoms with Crippen molar-refractivity contribution in [3.8, 4) is 0 Å². The van der Waals surface area contributed by atoms with Crippen LogP contribution in [0.15, 0.2) is 60.7 Å². The Bertz CT molecular complexity index is 618. The Morgan fingerprint density at radius 3 is 1.95 bits per heavy atom. The predicted octanol–water partition coefficient (Wildman–Crippen LogP) is 4.78. The zero-order chi connectivity index (χ0) is 16.4. The molecule has 0 aliphatic carbocycles. The van der Waals surface area contributed by atoms with Crippen molar-refractivity contribution in [2.75, 3.05) is 7.05 Å². The number of rotatable bonds is 3. The van der Waals surface area contributed by atoms with E-state index in [1.165, 1.54) is 16.7 Å². The smallest absolute Gasteiger partial charge is 0.196 e. The molecule has 0 aliphatic heterocycles. The summed E-state index contributed by atoms with van der Waals surface area (Å²) in [5.41, 5.74) is 8.07. The average Bonchev–Trinajstić information content (AvgIpc) is 2.55. The molecule has 0 atom stereocenters. The lowest BCUT2D eigenvalue weighted by Gasteiger charge is -2.02. The van der Waals surface area contributed by atoms with E-state index in [9.17, 15) is 0 Å². The Kier molecular flexibility index (Phi) is 7.69. The van der Waals surface area contributed by atoms with Gasteiger partial charge in [-0.2, -0.15) is 5.43 Å². The third kappa shape index (κ3) is 5.57. The normalized spacial score (nSPS) is 11.0. The number of benzene rings is 2. The molecule has 0 aliphatic rings. The number of nitrogens with one attached hydrogen (secondary N) is 1. The summed E-state index contributed by atoms with van der Waals surface area (Å²) in [6.07, 6.45) is 6.11. The molecule has 0 spiro atoms. The molecule has 0 unspecified atom stereocenters. The topological polar surface area (TPSA) is 15.0 Å². The van der Waals surface area contributed by atoms with Crippen LogP contribution in [0, 0.1) is 13.8 Å². The fraction of sp³-hybridized carbons (Fsp3) is 0.250. The highest BCUT2D eigenvalue weighted by molar-refractivity contribution is 5.78. The van der Waals surface area contributed by atoms with Crippen LogP contribution in [-0.2, 0) is 0 Å². The Balaban J connectivity index is 0.000000541. The van der Waals surface area contributed by atoms with Crippen molar-refractivity contribution in [1.29, 1.82) is 0 Å². The maximum Gasteiger partial charge on any atom is 0.235 e. The van der Waals surface area contributed by atoms with Gasteiger partial charge in [0.25, 0.3) is 0 Å². The highest BCUT2D eigenvalue weighted by Gasteiger charge is 2.08. The largest absolute Gasteiger partial charge is 0.235 e. The number of hydrogen-bond donors (Lipinski definition) is 1. The van der Waals surface area contributed by atoms with E-state index in [2.05, 4.69) is 74.0 Å². The molecule has 0 fully saturated rings. The molecule has 0 heterocycles. The van der Waals surface area contributed by atoms with E-state index < -0.39 is 0 Å². The summed E-state index contributed by atoms with van der Waals surface area (Å²) in [7, 11) is 1.93. The Morgan fingerprint density at radius 1 is 0.864 bits per heavy atom. The van der Waals surface area contributed by atoms with Gasteiger partial charge in [-0.1, -0.05) is 52.7 Å². The highest BCUT2D eigenvalue weighted by Crippen LogP contribution is 2.12. The Hall–Kier alpha value is -2.35. The summed E-state index contributed by atoms with van der Waals surface area (Å²) in [6, 6.07) is 16.8. The molecule has 1 N–H and O–H groups in total. The molecule has 2 nitrogen and oxygen atoms in total. The Morgan fingerprint density at radius 2 is 1.45 bits per heavy atom. The van der Waals surface area contributed by atoms with Crippen LogP contribution in [0.4, 0.5) is 5.69 Å². The minimum Gasteiger partial charge on any atom is -0.196 e. The van der Waals surface area contributed by atoms with Crippen LogP contribution in [0.1, 0.15) is 30.5 Å². The fourth-order valence-electron chi connectivity index (χ4n) is 1.84. The first kappa shape index (κ1) is 17.7. The molecule has 0 saturated carbocycles. The second-order valence-corrected chi connectivity index (χ2v) is 5.08. The standard InChI is InChI=1S/C16H19N2.C4H8/c1-13-8-10-16(11-9-13)18(17-3)12-15-7-5-4-6-14(15)2;1-3-4-2/h4-12,17H,1-3H3;3-4H,1-2H3/q+1;/b18-12-;4-3-. The van der Waals surface area contributed by atoms with Crippen molar-refractivity contribution in [3.05, 3.63) is 77.4 Å². The maximum atomic E-state index is 3.19. The first-order valence-electron chi connectivity index (χ1n) is 7.63. The minimum absolute atomic E-state index is 1.13. The van der Waals surface area contributed by atoms with Gasteiger partial charge in [0.15, 0.2) is 0 Å². The molecule has 0 radical (unpaired) electrons. The van der Waals surface area contributed by atoms with E-state index in [0.29, 0.717) is 0 Å². The SMILES string of the molecule is C/C=C\C.CN/[N+](=C\c1ccccc1C)c1ccc(C)cc1. The number of aryl methyl sites for hydroxylation is 2. The van der Waals surface area contributed by atoms with Gasteiger partial charge < -0.3 is 0 Å². The van der Waals surface area contributed by atoms with Crippen LogP contribution in [0.5, 0.6) is 0 Å². The number of hydrogen-bond acceptors (Lipinski definition) is 1. The lowest BCUT2D eigenvalue weighted by atomic mass is 10.1. The summed E-state index contributed by atoms with van der Waals surface area (Å²) in [4.78, 5) is 0. The van der Waals surface area contributed by atoms with Gasteiger partial charge in [0.1, 0.15) is 0 Å². The molecular formula is C20H27N2+. The lowest BCUT2D eigenvalue weighted by Crippen LogP contribution is -2.21. The Labute approximate surface area is 134 Å². The molecule has 2 aromatic carbocycles. The van der Waals surface area contributed by atoms with E-state index in [4.69, 9.17) is 0 Å². The van der Waals surface area contributed by atoms with Gasteiger partial charge in [-0.15, -0.1) is 0 Å². The quantitative estimate of drug-likeness (QED) is 0.372. The van der Waals surface area contributed by atoms with Crippen LogP contribution in [0.25, 0.3) is 0 Å². The molecular weight excluding hydrogens is 268 g/mol. The monoisotopic (exact) mass is 295 g/mol. The van der Waals surface area contributed by atoms with Crippen molar-refractivity contribution >= 4 is 11.9 Å². The van der Waals surface area contributed by atoms with Crippen LogP contribution in [0.3, 0.4) is 0 Å². The number of nitrogens with zero attached hydrogens (tertiary/aromatic N) is 1. The van der Waals surface area contributed by atoms with E-state index in [1.807, 2.05) is 37.7 Å². The summed E-state index contributed by atoms with van der Waals surface area (Å²) in [6.45, 7) is 8.22. The minimum atomic E-state index is 1.13. The fourth-order valence-corrected chi connectivity index (χ4v) is 1.84. The lowest BCUT2D eigenvalue weighted by molar-refractivity contribution is -0.496. The van der Waals surface area contributed by atoms with Crippen LogP contribution >= 0.6 is 0 Å². The second-order valence-electron chi connectivity index (χ2n) is 5.08. The summed E-state index contributed by atoms with van der Waals surface area (Å²) in [5, 5.41) is 0. The molecule has 0 saturated heterocycles. The molecule has 2 rings (SSSR count). The van der Waals surface area contributed by atoms with E-state index in [-0.39, 0.29) is 0 Å². The van der Waals surface area contributed by atoms with Crippen molar-refractivity contribution in [3.63, 3.8) is 0 Å². The summed E-state index contributed by atoms with van der Waals surface area (Å²) < 4.78 is 2.03. The molecule has 0 amide bonds. The first-order chi connectivity index (χ1) is 10.6. The van der Waals surface area contributed by atoms with Gasteiger partial charge in [0, 0.05) is 17.7 Å². The van der Waals surface area contributed by atoms with Gasteiger partial charge in [-0.25, -0.2) is 0 Å². The van der Waals surface area contributed by atoms with Gasteiger partial charge in [0.05, 0.1) is 7.05 Å². The van der Waals surface area contributed by atoms with Crippen LogP contribution in [0.2, 0.25) is 0 Å². The summed E-state index contributed by atoms with van der Waals surface area (Å²) in [5.74, 6) is 0. The predicted molar refractivity (Wildman–Crippen MR) is 97.0 cm³/mol. The number of allylic oxidation sites excluding steroid dienone is 2. The van der Waals surface area contributed by atoms with E-state index in [0.717, 1.165) is 5.69 Å². The van der Waals surface area contributed by atoms with Crippen molar-refractivity contribution in [2.24, 2.45) is 0 Å². The molecule has 2 heteroatoms. The third-order valence-corrected chi connectivity index (χ3v) is 3.34. The van der Waals surface area contributed by atoms with Crippen molar-refractivity contribution in [1.82, 2.24) is 5.43 Å². The van der Waals surface area contributed by atoms with E-state index >= 15 is 0 Å². The number of hydrazine groups is 1. The molecule has 116 valence electrons. The van der Waals surface area contributed by atoms with Crippen molar-refractivity contribution < 1.29 is 4.68 Å². The number of hydrazone groups is 1. The molecule has 0 aromatic heterocycles. The second kappa shape index (κ2) is 9.56. The van der Waals surface area contributed by atoms with Crippen molar-refractivity contribution in [2.45, 2.75) is 27.7 Å². The van der Waals surface area contributed by atoms with Crippen LogP contribution < -0.4 is 5.43 Å². The first-order valence-corrected chi connectivity index (χ1v) is 7.63. The molecule has 0 bridgehead atoms. The van der Waals surface area contributed by atoms with Gasteiger partial charge in [0.2, 0.25) is 11.9 Å². The van der Waals surface area contributed by atoms with E-state index in [1.54, 1.807) is 0 Å².